The molecular weight excluding hydrogens is 282 g/mol. The van der Waals surface area contributed by atoms with Gasteiger partial charge in [-0.15, -0.1) is 0 Å². The average Bonchev–Trinajstić information content (AvgIpc) is 2.97. The lowest BCUT2D eigenvalue weighted by Gasteiger charge is -2.22. The van der Waals surface area contributed by atoms with E-state index < -0.39 is 0 Å². The average molecular weight is 307 g/mol. The van der Waals surface area contributed by atoms with Crippen molar-refractivity contribution in [3.8, 4) is 0 Å². The molecule has 1 aromatic rings. The summed E-state index contributed by atoms with van der Waals surface area (Å²) in [6.07, 6.45) is 5.77. The highest BCUT2D eigenvalue weighted by Gasteiger charge is 2.22. The number of rotatable bonds is 8. The van der Waals surface area contributed by atoms with Crippen LogP contribution in [0.3, 0.4) is 0 Å². The summed E-state index contributed by atoms with van der Waals surface area (Å²) in [7, 11) is 0. The molecule has 22 heavy (non-hydrogen) atoms. The highest BCUT2D eigenvalue weighted by molar-refractivity contribution is 5.75. The molecular formula is C16H25N3O3. The molecule has 1 unspecified atom stereocenters. The van der Waals surface area contributed by atoms with Crippen LogP contribution < -0.4 is 10.9 Å². The maximum atomic E-state index is 11.8. The number of amides is 1. The van der Waals surface area contributed by atoms with Crippen LogP contribution in [0.5, 0.6) is 0 Å². The summed E-state index contributed by atoms with van der Waals surface area (Å²) in [6, 6.07) is 5.16. The van der Waals surface area contributed by atoms with Crippen LogP contribution >= 0.6 is 0 Å². The summed E-state index contributed by atoms with van der Waals surface area (Å²) in [5, 5.41) is 12.1. The van der Waals surface area contributed by atoms with E-state index in [1.165, 1.54) is 10.6 Å². The smallest absolute Gasteiger partial charge is 0.250 e. The fourth-order valence-corrected chi connectivity index (χ4v) is 2.87. The summed E-state index contributed by atoms with van der Waals surface area (Å²) < 4.78 is 1.39. The number of carbonyl (C=O) groups excluding carboxylic acids is 1. The molecule has 122 valence electrons. The van der Waals surface area contributed by atoms with E-state index in [0.29, 0.717) is 12.6 Å². The third-order valence-corrected chi connectivity index (χ3v) is 4.12. The van der Waals surface area contributed by atoms with Crippen LogP contribution in [0.1, 0.15) is 25.7 Å². The summed E-state index contributed by atoms with van der Waals surface area (Å²) in [5.74, 6) is -0.136. The van der Waals surface area contributed by atoms with E-state index in [9.17, 15) is 14.7 Å². The Hall–Kier alpha value is -1.66. The molecule has 0 spiro atoms. The van der Waals surface area contributed by atoms with Gasteiger partial charge in [-0.2, -0.15) is 0 Å². The van der Waals surface area contributed by atoms with Crippen molar-refractivity contribution in [3.05, 3.63) is 34.7 Å². The first kappa shape index (κ1) is 16.7. The first-order valence-corrected chi connectivity index (χ1v) is 7.98. The Morgan fingerprint density at radius 3 is 3.00 bits per heavy atom. The highest BCUT2D eigenvalue weighted by Crippen LogP contribution is 2.16. The van der Waals surface area contributed by atoms with Gasteiger partial charge in [0, 0.05) is 24.8 Å². The van der Waals surface area contributed by atoms with E-state index in [1.807, 2.05) is 0 Å². The molecule has 6 heteroatoms. The van der Waals surface area contributed by atoms with Crippen LogP contribution in [0.25, 0.3) is 0 Å². The van der Waals surface area contributed by atoms with E-state index in [4.69, 9.17) is 0 Å². The molecule has 6 nitrogen and oxygen atoms in total. The number of unbranched alkanes of at least 4 members (excludes halogenated alkanes) is 1. The first-order valence-electron chi connectivity index (χ1n) is 7.98. The van der Waals surface area contributed by atoms with Gasteiger partial charge in [-0.3, -0.25) is 14.5 Å². The molecule has 1 aliphatic rings. The predicted octanol–water partition coefficient (Wildman–Crippen LogP) is 0.201. The molecule has 0 aliphatic carbocycles. The number of nitrogens with one attached hydrogen (secondary N) is 1. The fraction of sp³-hybridized carbons (Fsp3) is 0.625. The number of likely N-dealkylation sites (tertiary alicyclic amines) is 1. The minimum absolute atomic E-state index is 0.0678. The van der Waals surface area contributed by atoms with Crippen molar-refractivity contribution in [2.75, 3.05) is 26.2 Å². The van der Waals surface area contributed by atoms with E-state index in [2.05, 4.69) is 10.2 Å². The molecule has 0 saturated carbocycles. The number of hydrogen-bond donors (Lipinski definition) is 2. The molecule has 0 bridgehead atoms. The SMILES string of the molecule is O=C(Cn1ccccc1=O)NCCCCN1CCCC1CO. The Morgan fingerprint density at radius 1 is 1.36 bits per heavy atom. The predicted molar refractivity (Wildman–Crippen MR) is 84.6 cm³/mol. The Balaban J connectivity index is 1.59. The third kappa shape index (κ3) is 4.96. The van der Waals surface area contributed by atoms with Crippen molar-refractivity contribution in [2.24, 2.45) is 0 Å². The Bertz CT molecular complexity index is 529. The quantitative estimate of drug-likeness (QED) is 0.673. The first-order chi connectivity index (χ1) is 10.7. The standard InChI is InChI=1S/C16H25N3O3/c20-13-14-6-5-11-18(14)9-4-2-8-17-15(21)12-19-10-3-1-7-16(19)22/h1,3,7,10,14,20H,2,4-6,8-9,11-13H2,(H,17,21). The van der Waals surface area contributed by atoms with Crippen LogP contribution in [0.2, 0.25) is 0 Å². The number of aliphatic hydroxyl groups is 1. The van der Waals surface area contributed by atoms with Gasteiger partial charge in [-0.25, -0.2) is 0 Å². The summed E-state index contributed by atoms with van der Waals surface area (Å²) >= 11 is 0. The van der Waals surface area contributed by atoms with E-state index in [0.717, 1.165) is 38.8 Å². The number of aliphatic hydroxyl groups excluding tert-OH is 1. The zero-order valence-corrected chi connectivity index (χ0v) is 12.9. The second-order valence-electron chi connectivity index (χ2n) is 5.74. The van der Waals surface area contributed by atoms with Gasteiger partial charge in [-0.1, -0.05) is 6.07 Å². The van der Waals surface area contributed by atoms with Gasteiger partial charge in [-0.05, 0) is 44.8 Å². The Morgan fingerprint density at radius 2 is 2.23 bits per heavy atom. The van der Waals surface area contributed by atoms with Crippen LogP contribution in [0, 0.1) is 0 Å². The van der Waals surface area contributed by atoms with Crippen LogP contribution in [-0.4, -0.2) is 52.8 Å². The summed E-state index contributed by atoms with van der Waals surface area (Å²) in [6.45, 7) is 2.97. The lowest BCUT2D eigenvalue weighted by Crippen LogP contribution is -2.34. The molecule has 1 fully saturated rings. The summed E-state index contributed by atoms with van der Waals surface area (Å²) in [5.41, 5.74) is -0.165. The van der Waals surface area contributed by atoms with Gasteiger partial charge in [0.1, 0.15) is 6.54 Å². The molecule has 1 aliphatic heterocycles. The van der Waals surface area contributed by atoms with E-state index in [-0.39, 0.29) is 24.6 Å². The number of aromatic nitrogens is 1. The molecule has 0 aromatic carbocycles. The molecule has 0 radical (unpaired) electrons. The van der Waals surface area contributed by atoms with Gasteiger partial charge in [0.2, 0.25) is 5.91 Å². The third-order valence-electron chi connectivity index (χ3n) is 4.12. The Kier molecular flexibility index (Phi) is 6.61. The monoisotopic (exact) mass is 307 g/mol. The number of hydrogen-bond acceptors (Lipinski definition) is 4. The van der Waals surface area contributed by atoms with Crippen molar-refractivity contribution in [3.63, 3.8) is 0 Å². The Labute approximate surface area is 130 Å². The molecule has 1 aromatic heterocycles. The van der Waals surface area contributed by atoms with Crippen molar-refractivity contribution < 1.29 is 9.90 Å². The highest BCUT2D eigenvalue weighted by atomic mass is 16.3. The van der Waals surface area contributed by atoms with E-state index in [1.54, 1.807) is 18.3 Å². The van der Waals surface area contributed by atoms with Gasteiger partial charge in [0.25, 0.3) is 5.56 Å². The molecule has 1 saturated heterocycles. The topological polar surface area (TPSA) is 74.6 Å². The number of nitrogens with zero attached hydrogens (tertiary/aromatic N) is 2. The molecule has 2 rings (SSSR count). The molecule has 1 amide bonds. The van der Waals surface area contributed by atoms with E-state index >= 15 is 0 Å². The number of carbonyl (C=O) groups is 1. The van der Waals surface area contributed by atoms with Crippen molar-refractivity contribution >= 4 is 5.91 Å². The van der Waals surface area contributed by atoms with Crippen molar-refractivity contribution in [1.82, 2.24) is 14.8 Å². The lowest BCUT2D eigenvalue weighted by atomic mass is 10.2. The van der Waals surface area contributed by atoms with Gasteiger partial charge < -0.3 is 15.0 Å². The largest absolute Gasteiger partial charge is 0.395 e. The van der Waals surface area contributed by atoms with Gasteiger partial charge in [0.15, 0.2) is 0 Å². The summed E-state index contributed by atoms with van der Waals surface area (Å²) in [4.78, 5) is 25.6. The molecule has 2 heterocycles. The lowest BCUT2D eigenvalue weighted by molar-refractivity contribution is -0.121. The maximum absolute atomic E-state index is 11.8. The minimum atomic E-state index is -0.165. The fourth-order valence-electron chi connectivity index (χ4n) is 2.87. The number of pyridine rings is 1. The second kappa shape index (κ2) is 8.70. The molecule has 2 N–H and O–H groups in total. The normalized spacial score (nSPS) is 18.5. The van der Waals surface area contributed by atoms with Crippen molar-refractivity contribution in [2.45, 2.75) is 38.3 Å². The van der Waals surface area contributed by atoms with Crippen LogP contribution in [0.15, 0.2) is 29.2 Å². The van der Waals surface area contributed by atoms with Crippen LogP contribution in [0.4, 0.5) is 0 Å². The van der Waals surface area contributed by atoms with Gasteiger partial charge in [0.05, 0.1) is 6.61 Å². The minimum Gasteiger partial charge on any atom is -0.395 e. The van der Waals surface area contributed by atoms with Crippen molar-refractivity contribution in [1.29, 1.82) is 0 Å². The van der Waals surface area contributed by atoms with Crippen LogP contribution in [-0.2, 0) is 11.3 Å². The zero-order chi connectivity index (χ0) is 15.8. The molecule has 1 atom stereocenters. The maximum Gasteiger partial charge on any atom is 0.250 e. The zero-order valence-electron chi connectivity index (χ0n) is 12.9. The second-order valence-corrected chi connectivity index (χ2v) is 5.74. The van der Waals surface area contributed by atoms with Gasteiger partial charge >= 0.3 is 0 Å².